The summed E-state index contributed by atoms with van der Waals surface area (Å²) in [6.45, 7) is 2.60. The summed E-state index contributed by atoms with van der Waals surface area (Å²) in [5, 5.41) is 19.3. The maximum atomic E-state index is 10.6. The molecule has 1 aromatic rings. The normalized spacial score (nSPS) is 19.0. The van der Waals surface area contributed by atoms with Crippen molar-refractivity contribution in [1.29, 1.82) is 0 Å². The summed E-state index contributed by atoms with van der Waals surface area (Å²) in [5.41, 5.74) is 0.967. The molecule has 1 aliphatic rings. The van der Waals surface area contributed by atoms with Crippen LogP contribution in [-0.4, -0.2) is 46.6 Å². The number of rotatable bonds is 7. The van der Waals surface area contributed by atoms with Crippen molar-refractivity contribution in [2.75, 3.05) is 19.6 Å². The van der Waals surface area contributed by atoms with E-state index in [1.807, 2.05) is 0 Å². The smallest absolute Gasteiger partial charge is 0.304 e. The summed E-state index contributed by atoms with van der Waals surface area (Å²) < 4.78 is 5.85. The number of carbonyl (C=O) groups is 1. The Morgan fingerprint density at radius 3 is 2.77 bits per heavy atom. The number of nitro benzene ring substituents is 1. The van der Waals surface area contributed by atoms with Gasteiger partial charge in [-0.15, -0.1) is 0 Å². The molecule has 7 nitrogen and oxygen atoms in total. The Hall–Kier alpha value is -1.99. The average Bonchev–Trinajstić information content (AvgIpc) is 2.52. The summed E-state index contributed by atoms with van der Waals surface area (Å²) >= 11 is 0. The lowest BCUT2D eigenvalue weighted by Crippen LogP contribution is -2.40. The molecule has 0 amide bonds. The molecule has 0 aliphatic carbocycles. The minimum atomic E-state index is -0.783. The highest BCUT2D eigenvalue weighted by atomic mass is 16.6. The van der Waals surface area contributed by atoms with Gasteiger partial charge in [0.2, 0.25) is 0 Å². The molecule has 0 spiro atoms. The van der Waals surface area contributed by atoms with Crippen LogP contribution in [-0.2, 0) is 16.1 Å². The molecule has 22 heavy (non-hydrogen) atoms. The molecule has 0 saturated carbocycles. The third-order valence-corrected chi connectivity index (χ3v) is 3.74. The number of hydrogen-bond donors (Lipinski definition) is 1. The molecule has 2 rings (SSSR count). The monoisotopic (exact) mass is 308 g/mol. The summed E-state index contributed by atoms with van der Waals surface area (Å²) in [6, 6.07) is 6.34. The number of aliphatic carboxylic acids is 1. The predicted octanol–water partition coefficient (Wildman–Crippen LogP) is 2.05. The number of nitro groups is 1. The Balaban J connectivity index is 1.78. The van der Waals surface area contributed by atoms with Crippen LogP contribution in [0.2, 0.25) is 0 Å². The fraction of sp³-hybridized carbons (Fsp3) is 0.533. The highest BCUT2D eigenvalue weighted by Gasteiger charge is 2.20. The molecular weight excluding hydrogens is 288 g/mol. The van der Waals surface area contributed by atoms with Gasteiger partial charge in [-0.3, -0.25) is 14.9 Å². The van der Waals surface area contributed by atoms with Gasteiger partial charge < -0.3 is 14.7 Å². The Bertz CT molecular complexity index is 517. The van der Waals surface area contributed by atoms with E-state index in [2.05, 4.69) is 4.90 Å². The average molecular weight is 308 g/mol. The van der Waals surface area contributed by atoms with Crippen LogP contribution < -0.4 is 0 Å². The zero-order valence-electron chi connectivity index (χ0n) is 12.3. The molecule has 0 bridgehead atoms. The summed E-state index contributed by atoms with van der Waals surface area (Å²) in [6.07, 6.45) is 2.17. The van der Waals surface area contributed by atoms with Gasteiger partial charge in [0.05, 0.1) is 24.1 Å². The number of benzene rings is 1. The van der Waals surface area contributed by atoms with Gasteiger partial charge in [-0.2, -0.15) is 0 Å². The van der Waals surface area contributed by atoms with Crippen molar-refractivity contribution in [2.45, 2.75) is 32.0 Å². The number of likely N-dealkylation sites (tertiary alicyclic amines) is 1. The van der Waals surface area contributed by atoms with E-state index in [4.69, 9.17) is 9.84 Å². The standard InChI is InChI=1S/C15H20N2O5/c18-15(19)7-9-16-8-1-2-14(10-16)22-11-12-3-5-13(6-4-12)17(20)21/h3-6,14H,1-2,7-11H2,(H,18,19). The minimum absolute atomic E-state index is 0.0706. The van der Waals surface area contributed by atoms with E-state index in [1.165, 1.54) is 12.1 Å². The molecule has 0 aromatic heterocycles. The van der Waals surface area contributed by atoms with Crippen LogP contribution in [0, 0.1) is 10.1 Å². The Morgan fingerprint density at radius 1 is 1.41 bits per heavy atom. The van der Waals surface area contributed by atoms with Crippen LogP contribution in [0.4, 0.5) is 5.69 Å². The second-order valence-corrected chi connectivity index (χ2v) is 5.44. The first-order chi connectivity index (χ1) is 10.5. The van der Waals surface area contributed by atoms with Gasteiger partial charge in [0.1, 0.15) is 0 Å². The molecule has 1 fully saturated rings. The van der Waals surface area contributed by atoms with Crippen LogP contribution in [0.25, 0.3) is 0 Å². The minimum Gasteiger partial charge on any atom is -0.481 e. The number of hydrogen-bond acceptors (Lipinski definition) is 5. The second kappa shape index (κ2) is 7.86. The van der Waals surface area contributed by atoms with E-state index in [0.29, 0.717) is 13.2 Å². The molecule has 1 atom stereocenters. The maximum Gasteiger partial charge on any atom is 0.304 e. The van der Waals surface area contributed by atoms with E-state index >= 15 is 0 Å². The Labute approximate surface area is 128 Å². The first kappa shape index (κ1) is 16.4. The maximum absolute atomic E-state index is 10.6. The third kappa shape index (κ3) is 5.09. The number of ether oxygens (including phenoxy) is 1. The molecular formula is C15H20N2O5. The summed E-state index contributed by atoms with van der Waals surface area (Å²) in [7, 11) is 0. The molecule has 1 heterocycles. The van der Waals surface area contributed by atoms with Crippen LogP contribution >= 0.6 is 0 Å². The predicted molar refractivity (Wildman–Crippen MR) is 79.6 cm³/mol. The van der Waals surface area contributed by atoms with Gasteiger partial charge >= 0.3 is 5.97 Å². The van der Waals surface area contributed by atoms with Gasteiger partial charge in [-0.1, -0.05) is 0 Å². The van der Waals surface area contributed by atoms with Crippen LogP contribution in [0.3, 0.4) is 0 Å². The number of carboxylic acid groups (broad SMARTS) is 1. The van der Waals surface area contributed by atoms with E-state index in [1.54, 1.807) is 12.1 Å². The van der Waals surface area contributed by atoms with Crippen molar-refractivity contribution in [1.82, 2.24) is 4.90 Å². The quantitative estimate of drug-likeness (QED) is 0.612. The van der Waals surface area contributed by atoms with Gasteiger partial charge in [0.15, 0.2) is 0 Å². The van der Waals surface area contributed by atoms with E-state index < -0.39 is 10.9 Å². The van der Waals surface area contributed by atoms with Gasteiger partial charge in [0.25, 0.3) is 5.69 Å². The largest absolute Gasteiger partial charge is 0.481 e. The van der Waals surface area contributed by atoms with E-state index in [-0.39, 0.29) is 18.2 Å². The number of piperidine rings is 1. The lowest BCUT2D eigenvalue weighted by molar-refractivity contribution is -0.384. The van der Waals surface area contributed by atoms with Gasteiger partial charge in [-0.25, -0.2) is 0 Å². The number of non-ortho nitro benzene ring substituents is 1. The fourth-order valence-corrected chi connectivity index (χ4v) is 2.53. The highest BCUT2D eigenvalue weighted by Crippen LogP contribution is 2.17. The van der Waals surface area contributed by atoms with Crippen LogP contribution in [0.1, 0.15) is 24.8 Å². The SMILES string of the molecule is O=C(O)CCN1CCCC(OCc2ccc([N+](=O)[O-])cc2)C1. The zero-order chi connectivity index (χ0) is 15.9. The van der Waals surface area contributed by atoms with E-state index in [9.17, 15) is 14.9 Å². The first-order valence-electron chi connectivity index (χ1n) is 7.33. The Kier molecular flexibility index (Phi) is 5.85. The molecule has 7 heteroatoms. The first-order valence-corrected chi connectivity index (χ1v) is 7.33. The highest BCUT2D eigenvalue weighted by molar-refractivity contribution is 5.66. The Morgan fingerprint density at radius 2 is 2.14 bits per heavy atom. The lowest BCUT2D eigenvalue weighted by atomic mass is 10.1. The topological polar surface area (TPSA) is 92.9 Å². The fourth-order valence-electron chi connectivity index (χ4n) is 2.53. The number of nitrogens with zero attached hydrogens (tertiary/aromatic N) is 2. The third-order valence-electron chi connectivity index (χ3n) is 3.74. The van der Waals surface area contributed by atoms with Gasteiger partial charge in [-0.05, 0) is 37.1 Å². The van der Waals surface area contributed by atoms with Crippen molar-refractivity contribution in [3.8, 4) is 0 Å². The molecule has 1 saturated heterocycles. The lowest BCUT2D eigenvalue weighted by Gasteiger charge is -2.32. The summed E-state index contributed by atoms with van der Waals surface area (Å²) in [5.74, 6) is -0.783. The van der Waals surface area contributed by atoms with Gasteiger partial charge in [0, 0.05) is 25.2 Å². The number of carboxylic acids is 1. The molecule has 1 unspecified atom stereocenters. The molecule has 1 N–H and O–H groups in total. The molecule has 0 radical (unpaired) electrons. The zero-order valence-corrected chi connectivity index (χ0v) is 12.3. The molecule has 120 valence electrons. The van der Waals surface area contributed by atoms with Crippen LogP contribution in [0.5, 0.6) is 0 Å². The van der Waals surface area contributed by atoms with Crippen LogP contribution in [0.15, 0.2) is 24.3 Å². The van der Waals surface area contributed by atoms with Crippen molar-refractivity contribution in [3.63, 3.8) is 0 Å². The van der Waals surface area contributed by atoms with E-state index in [0.717, 1.165) is 31.5 Å². The van der Waals surface area contributed by atoms with Crippen molar-refractivity contribution >= 4 is 11.7 Å². The molecule has 1 aliphatic heterocycles. The second-order valence-electron chi connectivity index (χ2n) is 5.44. The molecule has 1 aromatic carbocycles. The van der Waals surface area contributed by atoms with Crippen molar-refractivity contribution < 1.29 is 19.6 Å². The van der Waals surface area contributed by atoms with Crippen molar-refractivity contribution in [3.05, 3.63) is 39.9 Å². The summed E-state index contributed by atoms with van der Waals surface area (Å²) in [4.78, 5) is 22.9. The van der Waals surface area contributed by atoms with Crippen molar-refractivity contribution in [2.24, 2.45) is 0 Å².